The van der Waals surface area contributed by atoms with Crippen LogP contribution in [0.1, 0.15) is 18.8 Å². The first-order chi connectivity index (χ1) is 6.20. The lowest BCUT2D eigenvalue weighted by Crippen LogP contribution is -2.11. The predicted molar refractivity (Wildman–Crippen MR) is 51.1 cm³/mol. The van der Waals surface area contributed by atoms with Gasteiger partial charge in [0.05, 0.1) is 17.8 Å². The molecule has 2 N–H and O–H groups in total. The van der Waals surface area contributed by atoms with Crippen LogP contribution in [0.25, 0.3) is 11.0 Å². The molecule has 0 radical (unpaired) electrons. The molecule has 0 saturated heterocycles. The van der Waals surface area contributed by atoms with Gasteiger partial charge in [0.1, 0.15) is 11.3 Å². The monoisotopic (exact) mass is 176 g/mol. The molecule has 2 heterocycles. The molecule has 0 saturated carbocycles. The molecule has 0 aromatic carbocycles. The maximum Gasteiger partial charge on any atom is 0.126 e. The number of pyridine rings is 1. The number of nitrogens with two attached hydrogens (primary N) is 1. The standard InChI is InChI=1S/C9H12N4/c1-6(10)9-12-7-5-11-4-3-8(7)13(9)2/h3-6H,10H2,1-2H3. The molecular formula is C9H12N4. The van der Waals surface area contributed by atoms with Gasteiger partial charge in [0.25, 0.3) is 0 Å². The summed E-state index contributed by atoms with van der Waals surface area (Å²) in [6, 6.07) is 1.89. The summed E-state index contributed by atoms with van der Waals surface area (Å²) < 4.78 is 2.00. The number of aryl methyl sites for hydroxylation is 1. The SMILES string of the molecule is CC(N)c1nc2cnccc2n1C. The van der Waals surface area contributed by atoms with Crippen molar-refractivity contribution >= 4 is 11.0 Å². The molecule has 0 amide bonds. The average molecular weight is 176 g/mol. The number of imidazole rings is 1. The molecule has 1 atom stereocenters. The van der Waals surface area contributed by atoms with Crippen molar-refractivity contribution in [3.63, 3.8) is 0 Å². The minimum absolute atomic E-state index is 0.0441. The maximum atomic E-state index is 5.77. The molecule has 0 aliphatic carbocycles. The van der Waals surface area contributed by atoms with Crippen LogP contribution >= 0.6 is 0 Å². The van der Waals surface area contributed by atoms with Crippen LogP contribution in [0, 0.1) is 0 Å². The first-order valence-corrected chi connectivity index (χ1v) is 4.22. The van der Waals surface area contributed by atoms with E-state index >= 15 is 0 Å². The third-order valence-electron chi connectivity index (χ3n) is 2.12. The zero-order valence-corrected chi connectivity index (χ0v) is 7.73. The Hall–Kier alpha value is -1.42. The second-order valence-electron chi connectivity index (χ2n) is 3.18. The predicted octanol–water partition coefficient (Wildman–Crippen LogP) is 0.988. The number of rotatable bonds is 1. The summed E-state index contributed by atoms with van der Waals surface area (Å²) >= 11 is 0. The van der Waals surface area contributed by atoms with E-state index in [0.29, 0.717) is 0 Å². The highest BCUT2D eigenvalue weighted by atomic mass is 15.1. The molecule has 0 aliphatic rings. The summed E-state index contributed by atoms with van der Waals surface area (Å²) in [6.45, 7) is 1.93. The Labute approximate surface area is 76.4 Å². The molecule has 2 aromatic rings. The van der Waals surface area contributed by atoms with Crippen LogP contribution in [0.5, 0.6) is 0 Å². The Balaban J connectivity index is 2.74. The van der Waals surface area contributed by atoms with Gasteiger partial charge in [-0.25, -0.2) is 4.98 Å². The minimum Gasteiger partial charge on any atom is -0.330 e. The molecule has 0 bridgehead atoms. The molecule has 0 fully saturated rings. The highest BCUT2D eigenvalue weighted by Gasteiger charge is 2.09. The lowest BCUT2D eigenvalue weighted by Gasteiger charge is -2.04. The van der Waals surface area contributed by atoms with Gasteiger partial charge in [-0.05, 0) is 13.0 Å². The quantitative estimate of drug-likeness (QED) is 0.704. The smallest absolute Gasteiger partial charge is 0.126 e. The fourth-order valence-electron chi connectivity index (χ4n) is 1.48. The van der Waals surface area contributed by atoms with Gasteiger partial charge in [-0.2, -0.15) is 0 Å². The Morgan fingerprint density at radius 1 is 1.54 bits per heavy atom. The lowest BCUT2D eigenvalue weighted by atomic mass is 10.3. The molecule has 4 nitrogen and oxygen atoms in total. The summed E-state index contributed by atoms with van der Waals surface area (Å²) in [6.07, 6.45) is 3.51. The van der Waals surface area contributed by atoms with Crippen molar-refractivity contribution in [1.82, 2.24) is 14.5 Å². The second kappa shape index (κ2) is 2.81. The van der Waals surface area contributed by atoms with Gasteiger partial charge in [-0.3, -0.25) is 4.98 Å². The van der Waals surface area contributed by atoms with Crippen LogP contribution in [-0.2, 0) is 7.05 Å². The van der Waals surface area contributed by atoms with Gasteiger partial charge in [0.2, 0.25) is 0 Å². The molecule has 2 rings (SSSR count). The van der Waals surface area contributed by atoms with Gasteiger partial charge >= 0.3 is 0 Å². The van der Waals surface area contributed by atoms with E-state index in [9.17, 15) is 0 Å². The van der Waals surface area contributed by atoms with E-state index in [1.54, 1.807) is 12.4 Å². The zero-order chi connectivity index (χ0) is 9.42. The highest BCUT2D eigenvalue weighted by Crippen LogP contribution is 2.16. The third kappa shape index (κ3) is 1.19. The molecular weight excluding hydrogens is 164 g/mol. The number of fused-ring (bicyclic) bond motifs is 1. The topological polar surface area (TPSA) is 56.7 Å². The van der Waals surface area contributed by atoms with E-state index in [0.717, 1.165) is 16.9 Å². The molecule has 13 heavy (non-hydrogen) atoms. The van der Waals surface area contributed by atoms with Gasteiger partial charge in [0.15, 0.2) is 0 Å². The molecule has 2 aromatic heterocycles. The van der Waals surface area contributed by atoms with Crippen molar-refractivity contribution in [2.75, 3.05) is 0 Å². The number of nitrogens with zero attached hydrogens (tertiary/aromatic N) is 3. The van der Waals surface area contributed by atoms with Crippen LogP contribution in [0.15, 0.2) is 18.5 Å². The fraction of sp³-hybridized carbons (Fsp3) is 0.333. The Morgan fingerprint density at radius 2 is 2.31 bits per heavy atom. The van der Waals surface area contributed by atoms with Gasteiger partial charge in [-0.1, -0.05) is 0 Å². The van der Waals surface area contributed by atoms with Crippen LogP contribution < -0.4 is 5.73 Å². The van der Waals surface area contributed by atoms with Crippen molar-refractivity contribution < 1.29 is 0 Å². The van der Waals surface area contributed by atoms with Crippen molar-refractivity contribution in [2.45, 2.75) is 13.0 Å². The van der Waals surface area contributed by atoms with E-state index in [4.69, 9.17) is 5.73 Å². The molecule has 0 aliphatic heterocycles. The average Bonchev–Trinajstić information content (AvgIpc) is 2.45. The van der Waals surface area contributed by atoms with Gasteiger partial charge in [0, 0.05) is 13.2 Å². The summed E-state index contributed by atoms with van der Waals surface area (Å²) in [5.74, 6) is 0.892. The summed E-state index contributed by atoms with van der Waals surface area (Å²) in [4.78, 5) is 8.40. The first-order valence-electron chi connectivity index (χ1n) is 4.22. The lowest BCUT2D eigenvalue weighted by molar-refractivity contribution is 0.696. The van der Waals surface area contributed by atoms with E-state index in [2.05, 4.69) is 9.97 Å². The Kier molecular flexibility index (Phi) is 1.77. The van der Waals surface area contributed by atoms with Crippen molar-refractivity contribution in [2.24, 2.45) is 12.8 Å². The Morgan fingerprint density at radius 3 is 2.92 bits per heavy atom. The first kappa shape index (κ1) is 8.19. The van der Waals surface area contributed by atoms with E-state index in [1.807, 2.05) is 24.6 Å². The van der Waals surface area contributed by atoms with E-state index < -0.39 is 0 Å². The van der Waals surface area contributed by atoms with Crippen LogP contribution in [-0.4, -0.2) is 14.5 Å². The van der Waals surface area contributed by atoms with Gasteiger partial charge < -0.3 is 10.3 Å². The largest absolute Gasteiger partial charge is 0.330 e. The molecule has 1 unspecified atom stereocenters. The summed E-state index contributed by atoms with van der Waals surface area (Å²) in [5.41, 5.74) is 7.75. The fourth-order valence-corrected chi connectivity index (χ4v) is 1.48. The third-order valence-corrected chi connectivity index (χ3v) is 2.12. The Bertz CT molecular complexity index is 430. The number of hydrogen-bond donors (Lipinski definition) is 1. The van der Waals surface area contributed by atoms with Crippen molar-refractivity contribution in [1.29, 1.82) is 0 Å². The highest BCUT2D eigenvalue weighted by molar-refractivity contribution is 5.74. The van der Waals surface area contributed by atoms with Crippen LogP contribution in [0.4, 0.5) is 0 Å². The normalized spacial score (nSPS) is 13.5. The molecule has 0 spiro atoms. The van der Waals surface area contributed by atoms with Crippen LogP contribution in [0.3, 0.4) is 0 Å². The molecule has 4 heteroatoms. The van der Waals surface area contributed by atoms with Crippen molar-refractivity contribution in [3.8, 4) is 0 Å². The minimum atomic E-state index is -0.0441. The summed E-state index contributed by atoms with van der Waals surface area (Å²) in [5, 5.41) is 0. The maximum absolute atomic E-state index is 5.77. The zero-order valence-electron chi connectivity index (χ0n) is 7.73. The number of hydrogen-bond acceptors (Lipinski definition) is 3. The molecule has 68 valence electrons. The van der Waals surface area contributed by atoms with Crippen molar-refractivity contribution in [3.05, 3.63) is 24.3 Å². The van der Waals surface area contributed by atoms with E-state index in [1.165, 1.54) is 0 Å². The number of aromatic nitrogens is 3. The van der Waals surface area contributed by atoms with Crippen LogP contribution in [0.2, 0.25) is 0 Å². The summed E-state index contributed by atoms with van der Waals surface area (Å²) in [7, 11) is 1.97. The van der Waals surface area contributed by atoms with E-state index in [-0.39, 0.29) is 6.04 Å². The second-order valence-corrected chi connectivity index (χ2v) is 3.18. The van der Waals surface area contributed by atoms with Gasteiger partial charge in [-0.15, -0.1) is 0 Å².